The Morgan fingerprint density at radius 2 is 1.91 bits per heavy atom. The number of carbonyl (C=O) groups excluding carboxylic acids is 3. The Kier molecular flexibility index (Phi) is 8.39. The maximum absolute atomic E-state index is 14.1. The van der Waals surface area contributed by atoms with Gasteiger partial charge < -0.3 is 14.6 Å². The number of ether oxygens (including phenoxy) is 2. The van der Waals surface area contributed by atoms with Gasteiger partial charge in [0.25, 0.3) is 0 Å². The number of halogens is 2. The lowest BCUT2D eigenvalue weighted by molar-refractivity contribution is -0.207. The molecule has 9 atom stereocenters. The van der Waals surface area contributed by atoms with Gasteiger partial charge in [-0.15, -0.1) is 11.6 Å². The fourth-order valence-electron chi connectivity index (χ4n) is 9.70. The fourth-order valence-corrected chi connectivity index (χ4v) is 10.6. The fraction of sp³-hybridized carbons (Fsp3) is 0.600. The van der Waals surface area contributed by atoms with Crippen molar-refractivity contribution in [2.45, 2.75) is 90.2 Å². The monoisotopic (exact) mass is 700 g/mol. The molecule has 2 aromatic rings. The number of esters is 2. The third-order valence-electron chi connectivity index (χ3n) is 11.6. The van der Waals surface area contributed by atoms with Crippen LogP contribution in [0.15, 0.2) is 40.5 Å². The summed E-state index contributed by atoms with van der Waals surface area (Å²) < 4.78 is 14.4. The number of aromatic nitrogens is 2. The summed E-state index contributed by atoms with van der Waals surface area (Å²) in [4.78, 5) is 39.1. The smallest absolute Gasteiger partial charge is 0.306 e. The Morgan fingerprint density at radius 3 is 2.60 bits per heavy atom. The van der Waals surface area contributed by atoms with Crippen LogP contribution in [0.3, 0.4) is 0 Å². The van der Waals surface area contributed by atoms with Gasteiger partial charge in [0, 0.05) is 34.0 Å². The van der Waals surface area contributed by atoms with E-state index in [2.05, 4.69) is 28.9 Å². The molecule has 0 unspecified atom stereocenters. The molecule has 4 aliphatic carbocycles. The van der Waals surface area contributed by atoms with Crippen LogP contribution in [-0.2, 0) is 30.3 Å². The van der Waals surface area contributed by atoms with Gasteiger partial charge in [0.1, 0.15) is 0 Å². The number of alkyl halides is 1. The van der Waals surface area contributed by atoms with Gasteiger partial charge in [0.2, 0.25) is 5.78 Å². The predicted molar refractivity (Wildman–Crippen MR) is 174 cm³/mol. The van der Waals surface area contributed by atoms with Gasteiger partial charge in [-0.2, -0.15) is 5.10 Å². The third kappa shape index (κ3) is 4.86. The normalized spacial score (nSPS) is 36.6. The number of carbonyl (C=O) groups is 3. The number of nitrogens with zero attached hydrogens (tertiary/aromatic N) is 2. The van der Waals surface area contributed by atoms with Gasteiger partial charge >= 0.3 is 11.9 Å². The first-order chi connectivity index (χ1) is 21.3. The number of ketones is 1. The van der Waals surface area contributed by atoms with Crippen molar-refractivity contribution in [2.24, 2.45) is 34.5 Å². The minimum atomic E-state index is -1.54. The van der Waals surface area contributed by atoms with Crippen molar-refractivity contribution in [3.05, 3.63) is 51.8 Å². The van der Waals surface area contributed by atoms with Crippen LogP contribution in [0.1, 0.15) is 78.0 Å². The molecule has 0 amide bonds. The minimum Gasteiger partial charge on any atom is -0.457 e. The second-order valence-electron chi connectivity index (χ2n) is 14.0. The Hall–Kier alpha value is -2.49. The summed E-state index contributed by atoms with van der Waals surface area (Å²) in [6.45, 7) is 9.04. The standard InChI is InChI=1S/C35H42BrClN2O6/c1-6-29(42)44-18-28(41)35(45-30(43)7-2)19(3)11-24-31-25(37)12-21-13-26-20(17-38-39(26)23-10-8-9-22(36)14-23)15-33(21,4)32(31)27(40)16-34(24,35)5/h8-10,13-14,17,19,24-25,27,31-32,40H,6-7,11-12,15-16,18H2,1-5H3/t19-,24+,25-,27+,31-,32+,33+,34+,35+/m1/s1. The number of aliphatic hydroxyl groups is 1. The first-order valence-electron chi connectivity index (χ1n) is 16.1. The lowest BCUT2D eigenvalue weighted by Crippen LogP contribution is -2.66. The zero-order valence-electron chi connectivity index (χ0n) is 26.5. The maximum Gasteiger partial charge on any atom is 0.306 e. The van der Waals surface area contributed by atoms with Gasteiger partial charge in [0.05, 0.1) is 23.7 Å². The van der Waals surface area contributed by atoms with Gasteiger partial charge in [-0.3, -0.25) is 14.4 Å². The zero-order chi connectivity index (χ0) is 32.5. The highest BCUT2D eigenvalue weighted by atomic mass is 79.9. The molecule has 45 heavy (non-hydrogen) atoms. The molecule has 1 aromatic heterocycles. The molecule has 0 aliphatic heterocycles. The van der Waals surface area contributed by atoms with Crippen LogP contribution in [0.4, 0.5) is 0 Å². The van der Waals surface area contributed by atoms with Crippen molar-refractivity contribution in [3.8, 4) is 5.69 Å². The van der Waals surface area contributed by atoms with Crippen LogP contribution < -0.4 is 0 Å². The van der Waals surface area contributed by atoms with Crippen molar-refractivity contribution < 1.29 is 29.0 Å². The third-order valence-corrected chi connectivity index (χ3v) is 12.6. The van der Waals surface area contributed by atoms with Crippen LogP contribution in [0.5, 0.6) is 0 Å². The average Bonchev–Trinajstić information content (AvgIpc) is 3.49. The number of fused-ring (bicyclic) bond motifs is 6. The molecule has 0 saturated heterocycles. The lowest BCUT2D eigenvalue weighted by Gasteiger charge is -2.61. The van der Waals surface area contributed by atoms with Crippen molar-refractivity contribution in [2.75, 3.05) is 6.61 Å². The summed E-state index contributed by atoms with van der Waals surface area (Å²) >= 11 is 10.9. The molecule has 10 heteroatoms. The molecule has 0 spiro atoms. The quantitative estimate of drug-likeness (QED) is 0.261. The van der Waals surface area contributed by atoms with Crippen LogP contribution >= 0.6 is 27.5 Å². The zero-order valence-corrected chi connectivity index (χ0v) is 28.9. The number of Topliss-reactive ketones (excluding diaryl/α,β-unsaturated/α-hetero) is 1. The van der Waals surface area contributed by atoms with Gasteiger partial charge in [-0.25, -0.2) is 4.68 Å². The number of hydrogen-bond acceptors (Lipinski definition) is 7. The van der Waals surface area contributed by atoms with E-state index < -0.39 is 41.4 Å². The minimum absolute atomic E-state index is 0.0944. The van der Waals surface area contributed by atoms with Gasteiger partial charge in [-0.1, -0.05) is 62.2 Å². The molecule has 242 valence electrons. The SMILES string of the molecule is CCC(=O)OCC(=O)[C@@]1(OC(=O)CC)[C@H](C)C[C@H]2[C@H]3[C@H]([C@@H](O)C[C@@]21C)[C@@]1(C)Cc2cnn(-c4cccc(Br)c4)c2C=C1C[C@H]3Cl. The van der Waals surface area contributed by atoms with Crippen molar-refractivity contribution in [1.29, 1.82) is 0 Å². The van der Waals surface area contributed by atoms with E-state index in [0.717, 1.165) is 21.4 Å². The molecule has 1 N–H and O–H groups in total. The van der Waals surface area contributed by atoms with Gasteiger partial charge in [0.15, 0.2) is 12.2 Å². The van der Waals surface area contributed by atoms with E-state index in [1.54, 1.807) is 13.8 Å². The highest BCUT2D eigenvalue weighted by molar-refractivity contribution is 9.10. The maximum atomic E-state index is 14.1. The van der Waals surface area contributed by atoms with Gasteiger partial charge in [-0.05, 0) is 78.7 Å². The molecule has 8 nitrogen and oxygen atoms in total. The highest BCUT2D eigenvalue weighted by Gasteiger charge is 2.74. The molecule has 1 aromatic carbocycles. The number of allylic oxidation sites excluding steroid dienone is 1. The molecule has 4 aliphatic rings. The van der Waals surface area contributed by atoms with E-state index in [1.165, 1.54) is 5.57 Å². The largest absolute Gasteiger partial charge is 0.457 e. The molecular formula is C35H42BrClN2O6. The first kappa shape index (κ1) is 32.5. The first-order valence-corrected chi connectivity index (χ1v) is 17.3. The average molecular weight is 702 g/mol. The second-order valence-corrected chi connectivity index (χ2v) is 15.4. The Labute approximate surface area is 278 Å². The Bertz CT molecular complexity index is 1570. The second kappa shape index (κ2) is 11.6. The Morgan fingerprint density at radius 1 is 1.18 bits per heavy atom. The van der Waals surface area contributed by atoms with E-state index in [1.807, 2.05) is 49.0 Å². The number of benzene rings is 1. The van der Waals surface area contributed by atoms with Crippen LogP contribution in [0, 0.1) is 34.5 Å². The summed E-state index contributed by atoms with van der Waals surface area (Å²) in [6, 6.07) is 8.04. The topological polar surface area (TPSA) is 108 Å². The summed E-state index contributed by atoms with van der Waals surface area (Å²) in [6.07, 6.45) is 5.82. The van der Waals surface area contributed by atoms with E-state index in [4.69, 9.17) is 26.2 Å². The van der Waals surface area contributed by atoms with Crippen LogP contribution in [0.2, 0.25) is 0 Å². The molecule has 3 fully saturated rings. The van der Waals surface area contributed by atoms with Crippen LogP contribution in [0.25, 0.3) is 11.8 Å². The molecule has 1 heterocycles. The highest BCUT2D eigenvalue weighted by Crippen LogP contribution is 2.70. The molecule has 3 saturated carbocycles. The predicted octanol–water partition coefficient (Wildman–Crippen LogP) is 6.47. The molecular weight excluding hydrogens is 660 g/mol. The summed E-state index contributed by atoms with van der Waals surface area (Å²) in [5.74, 6) is -2.14. The van der Waals surface area contributed by atoms with E-state index in [-0.39, 0.29) is 53.7 Å². The lowest BCUT2D eigenvalue weighted by atomic mass is 9.45. The number of hydrogen-bond donors (Lipinski definition) is 1. The van der Waals surface area contributed by atoms with E-state index in [9.17, 15) is 19.5 Å². The molecule has 6 rings (SSSR count). The Balaban J connectivity index is 1.39. The summed E-state index contributed by atoms with van der Waals surface area (Å²) in [5, 5.41) is 16.7. The summed E-state index contributed by atoms with van der Waals surface area (Å²) in [7, 11) is 0. The van der Waals surface area contributed by atoms with Crippen molar-refractivity contribution >= 4 is 51.3 Å². The molecule has 0 radical (unpaired) electrons. The van der Waals surface area contributed by atoms with E-state index in [0.29, 0.717) is 19.3 Å². The number of rotatable bonds is 7. The van der Waals surface area contributed by atoms with E-state index >= 15 is 0 Å². The summed E-state index contributed by atoms with van der Waals surface area (Å²) in [5.41, 5.74) is 1.50. The number of aliphatic hydroxyl groups excluding tert-OH is 1. The van der Waals surface area contributed by atoms with Crippen molar-refractivity contribution in [1.82, 2.24) is 9.78 Å². The molecule has 0 bridgehead atoms. The van der Waals surface area contributed by atoms with Crippen molar-refractivity contribution in [3.63, 3.8) is 0 Å². The van der Waals surface area contributed by atoms with Crippen LogP contribution in [-0.4, -0.2) is 56.3 Å².